The molecule has 1 aliphatic heterocycles. The number of nitrogens with one attached hydrogen (secondary N) is 1. The van der Waals surface area contributed by atoms with Gasteiger partial charge in [-0.25, -0.2) is 4.79 Å². The van der Waals surface area contributed by atoms with Crippen molar-refractivity contribution >= 4 is 17.8 Å². The van der Waals surface area contributed by atoms with Crippen molar-refractivity contribution in [3.05, 3.63) is 0 Å². The summed E-state index contributed by atoms with van der Waals surface area (Å²) in [6.07, 6.45) is 3.77. The van der Waals surface area contributed by atoms with Gasteiger partial charge in [-0.1, -0.05) is 12.8 Å². The lowest BCUT2D eigenvalue weighted by Gasteiger charge is -2.32. The van der Waals surface area contributed by atoms with E-state index in [0.29, 0.717) is 32.2 Å². The SMILES string of the molecule is C[C@H](NC1(C(=O)O)CCCC1)C(=O)N1CCC[C@H]1C(=O)O. The largest absolute Gasteiger partial charge is 0.480 e. The summed E-state index contributed by atoms with van der Waals surface area (Å²) in [7, 11) is 0. The van der Waals surface area contributed by atoms with Crippen molar-refractivity contribution in [1.82, 2.24) is 10.2 Å². The Morgan fingerprint density at radius 2 is 1.81 bits per heavy atom. The van der Waals surface area contributed by atoms with E-state index >= 15 is 0 Å². The van der Waals surface area contributed by atoms with Gasteiger partial charge in [-0.05, 0) is 32.6 Å². The fraction of sp³-hybridized carbons (Fsp3) is 0.786. The highest BCUT2D eigenvalue weighted by Crippen LogP contribution is 2.31. The minimum absolute atomic E-state index is 0.326. The predicted molar refractivity (Wildman–Crippen MR) is 73.8 cm³/mol. The number of aliphatic carboxylic acids is 2. The van der Waals surface area contributed by atoms with Gasteiger partial charge in [-0.2, -0.15) is 0 Å². The van der Waals surface area contributed by atoms with Crippen LogP contribution in [0.5, 0.6) is 0 Å². The first-order valence-corrected chi connectivity index (χ1v) is 7.42. The summed E-state index contributed by atoms with van der Waals surface area (Å²) in [6.45, 7) is 2.03. The predicted octanol–water partition coefficient (Wildman–Crippen LogP) is 0.438. The van der Waals surface area contributed by atoms with E-state index < -0.39 is 29.6 Å². The Labute approximate surface area is 123 Å². The van der Waals surface area contributed by atoms with Gasteiger partial charge in [0.25, 0.3) is 0 Å². The van der Waals surface area contributed by atoms with Crippen LogP contribution in [0.25, 0.3) is 0 Å². The second-order valence-electron chi connectivity index (χ2n) is 5.99. The van der Waals surface area contributed by atoms with Crippen molar-refractivity contribution in [2.24, 2.45) is 0 Å². The second kappa shape index (κ2) is 6.01. The van der Waals surface area contributed by atoms with E-state index in [1.807, 2.05) is 0 Å². The number of rotatable bonds is 5. The van der Waals surface area contributed by atoms with Crippen molar-refractivity contribution < 1.29 is 24.6 Å². The Kier molecular flexibility index (Phi) is 4.51. The van der Waals surface area contributed by atoms with Crippen LogP contribution in [-0.2, 0) is 14.4 Å². The highest BCUT2D eigenvalue weighted by atomic mass is 16.4. The molecule has 21 heavy (non-hydrogen) atoms. The minimum atomic E-state index is -1.05. The van der Waals surface area contributed by atoms with Gasteiger partial charge in [0.1, 0.15) is 11.6 Å². The van der Waals surface area contributed by atoms with Gasteiger partial charge in [0.2, 0.25) is 5.91 Å². The Hall–Kier alpha value is -1.63. The smallest absolute Gasteiger partial charge is 0.326 e. The Morgan fingerprint density at radius 1 is 1.19 bits per heavy atom. The second-order valence-corrected chi connectivity index (χ2v) is 5.99. The third-order valence-electron chi connectivity index (χ3n) is 4.55. The Balaban J connectivity index is 2.05. The molecule has 118 valence electrons. The standard InChI is InChI=1S/C14H22N2O5/c1-9(15-14(13(20)21)6-2-3-7-14)11(17)16-8-4-5-10(16)12(18)19/h9-10,15H,2-8H2,1H3,(H,18,19)(H,20,21)/t9-,10-/m0/s1. The van der Waals surface area contributed by atoms with Crippen LogP contribution in [-0.4, -0.2) is 57.1 Å². The van der Waals surface area contributed by atoms with Crippen LogP contribution in [0.1, 0.15) is 45.4 Å². The number of carbonyl (C=O) groups is 3. The molecule has 2 aliphatic rings. The molecule has 0 radical (unpaired) electrons. The molecule has 0 spiro atoms. The van der Waals surface area contributed by atoms with Crippen LogP contribution in [0.3, 0.4) is 0 Å². The van der Waals surface area contributed by atoms with Crippen molar-refractivity contribution in [2.45, 2.75) is 63.1 Å². The van der Waals surface area contributed by atoms with Crippen LogP contribution in [0, 0.1) is 0 Å². The monoisotopic (exact) mass is 298 g/mol. The zero-order chi connectivity index (χ0) is 15.6. The van der Waals surface area contributed by atoms with E-state index in [4.69, 9.17) is 5.11 Å². The average molecular weight is 298 g/mol. The van der Waals surface area contributed by atoms with Crippen LogP contribution in [0.2, 0.25) is 0 Å². The van der Waals surface area contributed by atoms with Gasteiger partial charge in [0, 0.05) is 6.54 Å². The summed E-state index contributed by atoms with van der Waals surface area (Å²) in [4.78, 5) is 36.4. The zero-order valence-corrected chi connectivity index (χ0v) is 12.2. The highest BCUT2D eigenvalue weighted by molar-refractivity contribution is 5.88. The lowest BCUT2D eigenvalue weighted by molar-refractivity contribution is -0.150. The summed E-state index contributed by atoms with van der Waals surface area (Å²) < 4.78 is 0. The average Bonchev–Trinajstić information content (AvgIpc) is 3.06. The van der Waals surface area contributed by atoms with Gasteiger partial charge in [-0.15, -0.1) is 0 Å². The Morgan fingerprint density at radius 3 is 2.33 bits per heavy atom. The van der Waals surface area contributed by atoms with E-state index in [2.05, 4.69) is 5.32 Å². The molecule has 1 amide bonds. The number of carboxylic acid groups (broad SMARTS) is 2. The molecule has 0 aromatic carbocycles. The summed E-state index contributed by atoms with van der Waals surface area (Å²) in [5.41, 5.74) is -1.05. The van der Waals surface area contributed by atoms with Crippen LogP contribution < -0.4 is 5.32 Å². The topological polar surface area (TPSA) is 107 Å². The van der Waals surface area contributed by atoms with Crippen molar-refractivity contribution in [1.29, 1.82) is 0 Å². The zero-order valence-electron chi connectivity index (χ0n) is 12.2. The summed E-state index contributed by atoms with van der Waals surface area (Å²) >= 11 is 0. The summed E-state index contributed by atoms with van der Waals surface area (Å²) in [5.74, 6) is -2.26. The van der Waals surface area contributed by atoms with Gasteiger partial charge >= 0.3 is 11.9 Å². The fourth-order valence-electron chi connectivity index (χ4n) is 3.41. The molecule has 2 fully saturated rings. The first kappa shape index (κ1) is 15.8. The minimum Gasteiger partial charge on any atom is -0.480 e. The van der Waals surface area contributed by atoms with E-state index in [1.165, 1.54) is 4.90 Å². The fourth-order valence-corrected chi connectivity index (χ4v) is 3.41. The number of hydrogen-bond donors (Lipinski definition) is 3. The molecule has 3 N–H and O–H groups in total. The molecule has 0 aromatic rings. The number of nitrogens with zero attached hydrogens (tertiary/aromatic N) is 1. The number of hydrogen-bond acceptors (Lipinski definition) is 4. The molecule has 1 heterocycles. The molecular weight excluding hydrogens is 276 g/mol. The lowest BCUT2D eigenvalue weighted by Crippen LogP contribution is -2.58. The maximum absolute atomic E-state index is 12.4. The molecule has 7 nitrogen and oxygen atoms in total. The van der Waals surface area contributed by atoms with E-state index in [9.17, 15) is 19.5 Å². The number of amides is 1. The molecule has 7 heteroatoms. The normalized spacial score (nSPS) is 25.8. The molecule has 2 rings (SSSR count). The van der Waals surface area contributed by atoms with Gasteiger partial charge in [0.15, 0.2) is 0 Å². The van der Waals surface area contributed by atoms with Crippen molar-refractivity contribution in [3.8, 4) is 0 Å². The van der Waals surface area contributed by atoms with Crippen molar-refractivity contribution in [3.63, 3.8) is 0 Å². The van der Waals surface area contributed by atoms with Crippen LogP contribution in [0.4, 0.5) is 0 Å². The quantitative estimate of drug-likeness (QED) is 0.680. The maximum atomic E-state index is 12.4. The maximum Gasteiger partial charge on any atom is 0.326 e. The molecule has 0 bridgehead atoms. The summed E-state index contributed by atoms with van der Waals surface area (Å²) in [6, 6.07) is -1.48. The van der Waals surface area contributed by atoms with Gasteiger partial charge in [0.05, 0.1) is 6.04 Å². The lowest BCUT2D eigenvalue weighted by atomic mass is 9.96. The van der Waals surface area contributed by atoms with Crippen molar-refractivity contribution in [2.75, 3.05) is 6.54 Å². The molecular formula is C14H22N2O5. The molecule has 0 unspecified atom stereocenters. The molecule has 1 aliphatic carbocycles. The molecule has 0 aromatic heterocycles. The highest BCUT2D eigenvalue weighted by Gasteiger charge is 2.44. The van der Waals surface area contributed by atoms with Crippen LogP contribution >= 0.6 is 0 Å². The molecule has 1 saturated heterocycles. The number of carbonyl (C=O) groups excluding carboxylic acids is 1. The molecule has 1 saturated carbocycles. The third-order valence-corrected chi connectivity index (χ3v) is 4.55. The number of likely N-dealkylation sites (tertiary alicyclic amines) is 1. The first-order valence-electron chi connectivity index (χ1n) is 7.42. The van der Waals surface area contributed by atoms with E-state index in [-0.39, 0.29) is 5.91 Å². The van der Waals surface area contributed by atoms with Crippen LogP contribution in [0.15, 0.2) is 0 Å². The summed E-state index contributed by atoms with van der Waals surface area (Å²) in [5, 5.41) is 21.5. The Bertz CT molecular complexity index is 445. The van der Waals surface area contributed by atoms with Gasteiger partial charge in [-0.3, -0.25) is 14.9 Å². The van der Waals surface area contributed by atoms with E-state index in [1.54, 1.807) is 6.92 Å². The third kappa shape index (κ3) is 3.02. The number of carboxylic acids is 2. The van der Waals surface area contributed by atoms with Gasteiger partial charge < -0.3 is 15.1 Å². The van der Waals surface area contributed by atoms with E-state index in [0.717, 1.165) is 12.8 Å². The molecule has 2 atom stereocenters. The first-order chi connectivity index (χ1) is 9.87.